The van der Waals surface area contributed by atoms with Crippen LogP contribution in [0.1, 0.15) is 17.2 Å². The molecular weight excluding hydrogens is 358 g/mol. The molecule has 8 heteroatoms. The van der Waals surface area contributed by atoms with Crippen LogP contribution in [0.3, 0.4) is 0 Å². The molecule has 1 amide bonds. The van der Waals surface area contributed by atoms with Crippen molar-refractivity contribution in [1.29, 1.82) is 0 Å². The molecule has 2 N–H and O–H groups in total. The maximum atomic E-state index is 12.2. The minimum atomic E-state index is -4.11. The molecular formula is C15H16ClNO4S2. The van der Waals surface area contributed by atoms with Crippen molar-refractivity contribution in [2.45, 2.75) is 17.9 Å². The first-order valence-electron chi connectivity index (χ1n) is 6.34. The van der Waals surface area contributed by atoms with Crippen molar-refractivity contribution < 1.29 is 17.4 Å². The number of benzene rings is 2. The van der Waals surface area contributed by atoms with Gasteiger partial charge in [-0.1, -0.05) is 41.4 Å². The maximum absolute atomic E-state index is 12.2. The molecule has 0 radical (unpaired) electrons. The van der Waals surface area contributed by atoms with Crippen LogP contribution in [0.2, 0.25) is 5.02 Å². The topological polar surface area (TPSA) is 86.5 Å². The minimum absolute atomic E-state index is 0. The lowest BCUT2D eigenvalue weighted by Gasteiger charge is -2.15. The van der Waals surface area contributed by atoms with E-state index in [1.807, 2.05) is 6.92 Å². The van der Waals surface area contributed by atoms with Gasteiger partial charge in [-0.25, -0.2) is 4.18 Å². The van der Waals surface area contributed by atoms with E-state index in [2.05, 4.69) is 0 Å². The molecule has 0 aliphatic rings. The molecule has 0 spiro atoms. The highest BCUT2D eigenvalue weighted by molar-refractivity contribution is 7.86. The summed E-state index contributed by atoms with van der Waals surface area (Å²) in [5, 5.41) is 0.452. The van der Waals surface area contributed by atoms with Crippen LogP contribution >= 0.6 is 25.1 Å². The second-order valence-electron chi connectivity index (χ2n) is 4.70. The molecule has 0 unspecified atom stereocenters. The number of hydrogen-bond acceptors (Lipinski definition) is 4. The smallest absolute Gasteiger partial charge is 0.298 e. The zero-order chi connectivity index (χ0) is 16.3. The van der Waals surface area contributed by atoms with Gasteiger partial charge >= 0.3 is 0 Å². The van der Waals surface area contributed by atoms with Gasteiger partial charge in [-0.2, -0.15) is 21.9 Å². The Morgan fingerprint density at radius 3 is 2.09 bits per heavy atom. The quantitative estimate of drug-likeness (QED) is 0.816. The van der Waals surface area contributed by atoms with Gasteiger partial charge in [0.25, 0.3) is 16.0 Å². The highest BCUT2D eigenvalue weighted by atomic mass is 35.5. The van der Waals surface area contributed by atoms with Crippen molar-refractivity contribution in [2.75, 3.05) is 0 Å². The van der Waals surface area contributed by atoms with E-state index in [1.54, 1.807) is 12.1 Å². The Labute approximate surface area is 147 Å². The summed E-state index contributed by atoms with van der Waals surface area (Å²) in [7, 11) is -4.11. The van der Waals surface area contributed by atoms with Gasteiger partial charge in [-0.3, -0.25) is 4.79 Å². The first kappa shape index (κ1) is 19.5. The largest absolute Gasteiger partial charge is 0.367 e. The molecule has 0 aliphatic heterocycles. The van der Waals surface area contributed by atoms with Crippen molar-refractivity contribution >= 4 is 41.1 Å². The molecule has 2 rings (SSSR count). The molecule has 0 heterocycles. The number of rotatable bonds is 5. The number of hydrogen-bond donors (Lipinski definition) is 1. The minimum Gasteiger partial charge on any atom is -0.367 e. The Kier molecular flexibility index (Phi) is 6.64. The molecule has 124 valence electrons. The second kappa shape index (κ2) is 7.83. The van der Waals surface area contributed by atoms with Gasteiger partial charge in [0.2, 0.25) is 0 Å². The molecule has 0 aromatic heterocycles. The summed E-state index contributed by atoms with van der Waals surface area (Å²) in [6.07, 6.45) is -1.41. The Balaban J connectivity index is 0.00000264. The number of carbonyl (C=O) groups excluding carboxylic acids is 1. The number of aryl methyl sites for hydroxylation is 1. The van der Waals surface area contributed by atoms with Crippen LogP contribution in [-0.2, 0) is 19.1 Å². The standard InChI is InChI=1S/C15H14ClNO4S.H2S/c1-10-2-8-13(9-3-10)22(19,20)21-14(15(17)18)11-4-6-12(16)7-5-11;/h2-9,14H,1H3,(H2,17,18);1H2/t14-;/m0./s1. The van der Waals surface area contributed by atoms with Gasteiger partial charge in [0.05, 0.1) is 4.90 Å². The number of halogens is 1. The van der Waals surface area contributed by atoms with E-state index >= 15 is 0 Å². The lowest BCUT2D eigenvalue weighted by atomic mass is 10.1. The average molecular weight is 374 g/mol. The summed E-state index contributed by atoms with van der Waals surface area (Å²) in [5.41, 5.74) is 6.47. The molecule has 0 aliphatic carbocycles. The third-order valence-electron chi connectivity index (χ3n) is 2.96. The summed E-state index contributed by atoms with van der Waals surface area (Å²) >= 11 is 5.76. The predicted molar refractivity (Wildman–Crippen MR) is 93.2 cm³/mol. The zero-order valence-corrected chi connectivity index (χ0v) is 14.8. The highest BCUT2D eigenvalue weighted by Gasteiger charge is 2.27. The average Bonchev–Trinajstić information content (AvgIpc) is 2.46. The van der Waals surface area contributed by atoms with Crippen LogP contribution in [-0.4, -0.2) is 14.3 Å². The normalized spacial score (nSPS) is 12.3. The summed E-state index contributed by atoms with van der Waals surface area (Å²) in [4.78, 5) is 11.5. The third-order valence-corrected chi connectivity index (χ3v) is 4.51. The maximum Gasteiger partial charge on any atom is 0.298 e. The van der Waals surface area contributed by atoms with Gasteiger partial charge in [-0.15, -0.1) is 0 Å². The van der Waals surface area contributed by atoms with E-state index in [9.17, 15) is 13.2 Å². The van der Waals surface area contributed by atoms with Crippen LogP contribution < -0.4 is 5.73 Å². The monoisotopic (exact) mass is 373 g/mol. The van der Waals surface area contributed by atoms with Crippen molar-refractivity contribution in [3.63, 3.8) is 0 Å². The van der Waals surface area contributed by atoms with Crippen LogP contribution in [0.25, 0.3) is 0 Å². The van der Waals surface area contributed by atoms with Crippen molar-refractivity contribution in [3.8, 4) is 0 Å². The lowest BCUT2D eigenvalue weighted by molar-refractivity contribution is -0.124. The molecule has 0 bridgehead atoms. The Morgan fingerprint density at radius 1 is 1.09 bits per heavy atom. The predicted octanol–water partition coefficient (Wildman–Crippen LogP) is 2.69. The summed E-state index contributed by atoms with van der Waals surface area (Å²) < 4.78 is 29.5. The summed E-state index contributed by atoms with van der Waals surface area (Å²) in [6.45, 7) is 1.83. The van der Waals surface area contributed by atoms with Crippen LogP contribution in [0, 0.1) is 6.92 Å². The Bertz CT molecular complexity index is 774. The first-order chi connectivity index (χ1) is 10.3. The van der Waals surface area contributed by atoms with Gasteiger partial charge < -0.3 is 5.73 Å². The molecule has 2 aromatic carbocycles. The van der Waals surface area contributed by atoms with Crippen molar-refractivity contribution in [2.24, 2.45) is 5.73 Å². The fourth-order valence-corrected chi connectivity index (χ4v) is 2.96. The van der Waals surface area contributed by atoms with Gasteiger partial charge in [-0.05, 0) is 36.8 Å². The number of carbonyl (C=O) groups is 1. The molecule has 1 atom stereocenters. The van der Waals surface area contributed by atoms with Crippen LogP contribution in [0.4, 0.5) is 0 Å². The summed E-state index contributed by atoms with van der Waals surface area (Å²) in [5.74, 6) is -0.905. The van der Waals surface area contributed by atoms with E-state index in [4.69, 9.17) is 21.5 Å². The Hall–Kier alpha value is -1.54. The molecule has 2 aromatic rings. The first-order valence-corrected chi connectivity index (χ1v) is 8.13. The number of primary amides is 1. The SMILES string of the molecule is Cc1ccc(S(=O)(=O)O[C@H](C(N)=O)c2ccc(Cl)cc2)cc1.S. The number of amides is 1. The third kappa shape index (κ3) is 4.97. The van der Waals surface area contributed by atoms with Gasteiger partial charge in [0.1, 0.15) is 0 Å². The zero-order valence-electron chi connectivity index (χ0n) is 12.2. The van der Waals surface area contributed by atoms with E-state index in [0.29, 0.717) is 10.6 Å². The number of nitrogens with two attached hydrogens (primary N) is 1. The Morgan fingerprint density at radius 2 is 1.61 bits per heavy atom. The van der Waals surface area contributed by atoms with Crippen LogP contribution in [0.15, 0.2) is 53.4 Å². The molecule has 0 saturated carbocycles. The molecule has 0 fully saturated rings. The van der Waals surface area contributed by atoms with E-state index < -0.39 is 22.1 Å². The molecule has 5 nitrogen and oxygen atoms in total. The summed E-state index contributed by atoms with van der Waals surface area (Å²) in [6, 6.07) is 12.1. The van der Waals surface area contributed by atoms with Gasteiger partial charge in [0.15, 0.2) is 6.10 Å². The van der Waals surface area contributed by atoms with E-state index in [0.717, 1.165) is 5.56 Å². The highest BCUT2D eigenvalue weighted by Crippen LogP contribution is 2.25. The molecule has 0 saturated heterocycles. The molecule has 23 heavy (non-hydrogen) atoms. The lowest BCUT2D eigenvalue weighted by Crippen LogP contribution is -2.26. The fraction of sp³-hybridized carbons (Fsp3) is 0.133. The van der Waals surface area contributed by atoms with Gasteiger partial charge in [0, 0.05) is 5.02 Å². The van der Waals surface area contributed by atoms with E-state index in [1.165, 1.54) is 36.4 Å². The second-order valence-corrected chi connectivity index (χ2v) is 6.71. The van der Waals surface area contributed by atoms with Crippen molar-refractivity contribution in [1.82, 2.24) is 0 Å². The van der Waals surface area contributed by atoms with E-state index in [-0.39, 0.29) is 18.4 Å². The fourth-order valence-electron chi connectivity index (χ4n) is 1.79. The van der Waals surface area contributed by atoms with Crippen LogP contribution in [0.5, 0.6) is 0 Å². The van der Waals surface area contributed by atoms with Crippen molar-refractivity contribution in [3.05, 3.63) is 64.7 Å².